The van der Waals surface area contributed by atoms with E-state index in [-0.39, 0.29) is 5.97 Å². The summed E-state index contributed by atoms with van der Waals surface area (Å²) in [5.41, 5.74) is 0.399. The van der Waals surface area contributed by atoms with Gasteiger partial charge in [0, 0.05) is 5.02 Å². The zero-order valence-corrected chi connectivity index (χ0v) is 11.1. The Morgan fingerprint density at radius 3 is 2.41 bits per heavy atom. The molecule has 0 heterocycles. The zero-order chi connectivity index (χ0) is 12.9. The largest absolute Gasteiger partial charge is 0.469 e. The van der Waals surface area contributed by atoms with Crippen LogP contribution in [-0.4, -0.2) is 19.7 Å². The maximum absolute atomic E-state index is 11.4. The van der Waals surface area contributed by atoms with E-state index in [1.165, 1.54) is 7.11 Å². The van der Waals surface area contributed by atoms with Crippen LogP contribution in [0.5, 0.6) is 0 Å². The van der Waals surface area contributed by atoms with E-state index in [9.17, 15) is 4.79 Å². The number of methoxy groups -OCH3 is 1. The van der Waals surface area contributed by atoms with Crippen molar-refractivity contribution in [1.82, 2.24) is 0 Å². The van der Waals surface area contributed by atoms with Crippen LogP contribution >= 0.6 is 11.6 Å². The zero-order valence-electron chi connectivity index (χ0n) is 10.3. The Morgan fingerprint density at radius 1 is 1.29 bits per heavy atom. The van der Waals surface area contributed by atoms with Gasteiger partial charge >= 0.3 is 5.97 Å². The van der Waals surface area contributed by atoms with Crippen LogP contribution in [0.2, 0.25) is 5.02 Å². The monoisotopic (exact) mass is 256 g/mol. The molecule has 17 heavy (non-hydrogen) atoms. The summed E-state index contributed by atoms with van der Waals surface area (Å²) < 4.78 is 10.2. The molecule has 0 unspecified atom stereocenters. The van der Waals surface area contributed by atoms with Crippen molar-refractivity contribution < 1.29 is 14.3 Å². The number of carbonyl (C=O) groups is 1. The lowest BCUT2D eigenvalue weighted by Gasteiger charge is -2.21. The van der Waals surface area contributed by atoms with Crippen LogP contribution in [0.4, 0.5) is 0 Å². The van der Waals surface area contributed by atoms with E-state index in [0.29, 0.717) is 18.2 Å². The summed E-state index contributed by atoms with van der Waals surface area (Å²) in [6, 6.07) is 7.42. The van der Waals surface area contributed by atoms with Gasteiger partial charge in [0.25, 0.3) is 0 Å². The molecule has 0 fully saturated rings. The van der Waals surface area contributed by atoms with Crippen LogP contribution in [-0.2, 0) is 20.9 Å². The number of ether oxygens (including phenoxy) is 2. The van der Waals surface area contributed by atoms with Crippen molar-refractivity contribution in [1.29, 1.82) is 0 Å². The summed E-state index contributed by atoms with van der Waals surface area (Å²) in [6.07, 6.45) is 0. The van der Waals surface area contributed by atoms with Gasteiger partial charge in [-0.2, -0.15) is 0 Å². The minimum Gasteiger partial charge on any atom is -0.469 e. The fraction of sp³-hybridized carbons (Fsp3) is 0.462. The van der Waals surface area contributed by atoms with Gasteiger partial charge in [-0.1, -0.05) is 23.7 Å². The summed E-state index contributed by atoms with van der Waals surface area (Å²) in [5.74, 6) is -0.270. The topological polar surface area (TPSA) is 35.5 Å². The van der Waals surface area contributed by atoms with Crippen LogP contribution in [0.25, 0.3) is 0 Å². The Hall–Kier alpha value is -1.06. The average molecular weight is 257 g/mol. The van der Waals surface area contributed by atoms with Crippen molar-refractivity contribution in [2.24, 2.45) is 5.41 Å². The number of halogens is 1. The Labute approximate surface area is 107 Å². The van der Waals surface area contributed by atoms with E-state index in [1.54, 1.807) is 13.8 Å². The summed E-state index contributed by atoms with van der Waals surface area (Å²) in [7, 11) is 1.38. The molecule has 0 spiro atoms. The summed E-state index contributed by atoms with van der Waals surface area (Å²) in [4.78, 5) is 11.4. The van der Waals surface area contributed by atoms with Gasteiger partial charge in [0.05, 0.1) is 25.7 Å². The molecule has 1 rings (SSSR count). The normalized spacial score (nSPS) is 11.3. The third-order valence-corrected chi connectivity index (χ3v) is 2.63. The molecule has 0 bridgehead atoms. The molecule has 3 nitrogen and oxygen atoms in total. The molecule has 1 aromatic rings. The number of hydrogen-bond donors (Lipinski definition) is 0. The molecule has 0 saturated carbocycles. The smallest absolute Gasteiger partial charge is 0.313 e. The lowest BCUT2D eigenvalue weighted by Crippen LogP contribution is -2.30. The van der Waals surface area contributed by atoms with Crippen molar-refractivity contribution in [3.05, 3.63) is 34.9 Å². The number of carbonyl (C=O) groups excluding carboxylic acids is 1. The standard InChI is InChI=1S/C13H17ClO3/c1-13(2,12(15)16-3)9-17-8-10-4-6-11(14)7-5-10/h4-7H,8-9H2,1-3H3. The fourth-order valence-corrected chi connectivity index (χ4v) is 1.47. The van der Waals surface area contributed by atoms with E-state index < -0.39 is 5.41 Å². The Bertz CT molecular complexity index is 371. The van der Waals surface area contributed by atoms with Crippen LogP contribution in [0.15, 0.2) is 24.3 Å². The van der Waals surface area contributed by atoms with E-state index in [4.69, 9.17) is 21.1 Å². The Morgan fingerprint density at radius 2 is 1.88 bits per heavy atom. The number of rotatable bonds is 5. The molecule has 0 aliphatic heterocycles. The number of benzene rings is 1. The maximum atomic E-state index is 11.4. The van der Waals surface area contributed by atoms with E-state index in [0.717, 1.165) is 5.56 Å². The van der Waals surface area contributed by atoms with Crippen LogP contribution in [0.1, 0.15) is 19.4 Å². The van der Waals surface area contributed by atoms with Gasteiger partial charge in [0.1, 0.15) is 0 Å². The Kier molecular flexibility index (Phi) is 4.97. The molecular formula is C13H17ClO3. The molecule has 0 aliphatic rings. The lowest BCUT2D eigenvalue weighted by molar-refractivity contribution is -0.154. The van der Waals surface area contributed by atoms with Crippen molar-refractivity contribution in [3.8, 4) is 0 Å². The molecule has 0 aromatic heterocycles. The Balaban J connectivity index is 2.42. The quantitative estimate of drug-likeness (QED) is 0.760. The van der Waals surface area contributed by atoms with Gasteiger partial charge < -0.3 is 9.47 Å². The first-order chi connectivity index (χ1) is 7.95. The highest BCUT2D eigenvalue weighted by atomic mass is 35.5. The third-order valence-electron chi connectivity index (χ3n) is 2.38. The van der Waals surface area contributed by atoms with Crippen LogP contribution in [0.3, 0.4) is 0 Å². The van der Waals surface area contributed by atoms with Gasteiger partial charge in [-0.15, -0.1) is 0 Å². The summed E-state index contributed by atoms with van der Waals surface area (Å²) >= 11 is 5.78. The average Bonchev–Trinajstić information content (AvgIpc) is 2.30. The molecule has 0 aliphatic carbocycles. The first kappa shape index (κ1) is 14.0. The number of hydrogen-bond acceptors (Lipinski definition) is 3. The van der Waals surface area contributed by atoms with Gasteiger partial charge in [-0.25, -0.2) is 0 Å². The number of esters is 1. The van der Waals surface area contributed by atoms with Gasteiger partial charge in [-0.05, 0) is 31.5 Å². The molecule has 0 amide bonds. The fourth-order valence-electron chi connectivity index (χ4n) is 1.34. The maximum Gasteiger partial charge on any atom is 0.313 e. The molecule has 0 saturated heterocycles. The highest BCUT2D eigenvalue weighted by molar-refractivity contribution is 6.30. The minimum atomic E-state index is -0.624. The molecule has 0 atom stereocenters. The van der Waals surface area contributed by atoms with Crippen molar-refractivity contribution >= 4 is 17.6 Å². The van der Waals surface area contributed by atoms with E-state index >= 15 is 0 Å². The van der Waals surface area contributed by atoms with E-state index in [2.05, 4.69) is 0 Å². The third kappa shape index (κ3) is 4.36. The first-order valence-corrected chi connectivity index (χ1v) is 5.74. The van der Waals surface area contributed by atoms with Gasteiger partial charge in [0.15, 0.2) is 0 Å². The SMILES string of the molecule is COC(=O)C(C)(C)COCc1ccc(Cl)cc1. The van der Waals surface area contributed by atoms with Crippen LogP contribution < -0.4 is 0 Å². The molecule has 0 N–H and O–H groups in total. The highest BCUT2D eigenvalue weighted by Gasteiger charge is 2.28. The van der Waals surface area contributed by atoms with Gasteiger partial charge in [0.2, 0.25) is 0 Å². The predicted molar refractivity (Wildman–Crippen MR) is 66.9 cm³/mol. The molecule has 1 aromatic carbocycles. The molecule has 94 valence electrons. The van der Waals surface area contributed by atoms with Crippen molar-refractivity contribution in [2.75, 3.05) is 13.7 Å². The predicted octanol–water partition coefficient (Wildman–Crippen LogP) is 3.06. The molecular weight excluding hydrogens is 240 g/mol. The van der Waals surface area contributed by atoms with Crippen molar-refractivity contribution in [2.45, 2.75) is 20.5 Å². The first-order valence-electron chi connectivity index (χ1n) is 5.36. The second-order valence-corrected chi connectivity index (χ2v) is 4.93. The molecule has 0 radical (unpaired) electrons. The van der Waals surface area contributed by atoms with Crippen molar-refractivity contribution in [3.63, 3.8) is 0 Å². The molecule has 4 heteroatoms. The van der Waals surface area contributed by atoms with Crippen LogP contribution in [0, 0.1) is 5.41 Å². The summed E-state index contributed by atoms with van der Waals surface area (Å²) in [5, 5.41) is 0.698. The lowest BCUT2D eigenvalue weighted by atomic mass is 9.95. The minimum absolute atomic E-state index is 0.270. The van der Waals surface area contributed by atoms with E-state index in [1.807, 2.05) is 24.3 Å². The highest BCUT2D eigenvalue weighted by Crippen LogP contribution is 2.18. The summed E-state index contributed by atoms with van der Waals surface area (Å²) in [6.45, 7) is 4.36. The second-order valence-electron chi connectivity index (χ2n) is 4.49. The second kappa shape index (κ2) is 6.03. The van der Waals surface area contributed by atoms with Gasteiger partial charge in [-0.3, -0.25) is 4.79 Å².